The van der Waals surface area contributed by atoms with Crippen molar-refractivity contribution in [1.29, 1.82) is 10.8 Å². The minimum Gasteiger partial charge on any atom is -0.299 e. The van der Waals surface area contributed by atoms with Crippen LogP contribution in [0.5, 0.6) is 0 Å². The third-order valence-corrected chi connectivity index (χ3v) is 9.22. The monoisotopic (exact) mass is 545 g/mol. The van der Waals surface area contributed by atoms with Crippen molar-refractivity contribution in [1.82, 2.24) is 15.0 Å². The van der Waals surface area contributed by atoms with Gasteiger partial charge in [0.1, 0.15) is 0 Å². The lowest BCUT2D eigenvalue weighted by Crippen LogP contribution is -2.17. The smallest absolute Gasteiger partial charge is 0.160 e. The van der Waals surface area contributed by atoms with E-state index >= 15 is 0 Å². The number of fused-ring (bicyclic) bond motifs is 6. The number of nitrogens with one attached hydrogen (secondary N) is 2. The van der Waals surface area contributed by atoms with Gasteiger partial charge >= 0.3 is 0 Å². The summed E-state index contributed by atoms with van der Waals surface area (Å²) in [7, 11) is 0. The number of rotatable bonds is 3. The van der Waals surface area contributed by atoms with Crippen molar-refractivity contribution in [2.45, 2.75) is 16.1 Å². The molecule has 0 radical (unpaired) electrons. The van der Waals surface area contributed by atoms with Crippen LogP contribution in [0.25, 0.3) is 50.9 Å². The lowest BCUT2D eigenvalue weighted by atomic mass is 9.88. The van der Waals surface area contributed by atoms with Crippen molar-refractivity contribution in [2.24, 2.45) is 0 Å². The van der Waals surface area contributed by atoms with Gasteiger partial charge in [0, 0.05) is 44.4 Å². The van der Waals surface area contributed by atoms with E-state index in [-0.39, 0.29) is 17.3 Å². The largest absolute Gasteiger partial charge is 0.299 e. The molecular weight excluding hydrogens is 522 g/mol. The van der Waals surface area contributed by atoms with Crippen molar-refractivity contribution in [2.75, 3.05) is 0 Å². The SMILES string of the molecule is N=C1C=Cc2c(-c3ccccc3)nc3cc(-c4nc(-c5ccccc5)c5c(n4)C4C=CC=CC4S5)ccc3c2C1=N. The average molecular weight is 546 g/mol. The molecule has 0 saturated heterocycles. The molecule has 2 aliphatic carbocycles. The normalized spacial score (nSPS) is 18.4. The van der Waals surface area contributed by atoms with Crippen molar-refractivity contribution in [3.05, 3.63) is 126 Å². The molecule has 2 atom stereocenters. The maximum atomic E-state index is 8.79. The number of pyridine rings is 1. The molecule has 5 aromatic rings. The van der Waals surface area contributed by atoms with Gasteiger partial charge in [-0.3, -0.25) is 10.8 Å². The second kappa shape index (κ2) is 9.32. The first-order valence-corrected chi connectivity index (χ1v) is 14.4. The molecule has 194 valence electrons. The van der Waals surface area contributed by atoms with Crippen LogP contribution in [0.1, 0.15) is 22.7 Å². The van der Waals surface area contributed by atoms with Crippen molar-refractivity contribution in [3.63, 3.8) is 0 Å². The number of nitrogens with zero attached hydrogens (tertiary/aromatic N) is 3. The fourth-order valence-electron chi connectivity index (χ4n) is 5.86. The Labute approximate surface area is 241 Å². The zero-order valence-corrected chi connectivity index (χ0v) is 22.7. The third-order valence-electron chi connectivity index (χ3n) is 7.86. The van der Waals surface area contributed by atoms with E-state index in [2.05, 4.69) is 36.4 Å². The molecular formula is C35H23N5S. The molecule has 5 nitrogen and oxygen atoms in total. The van der Waals surface area contributed by atoms with E-state index in [1.54, 1.807) is 6.08 Å². The Morgan fingerprint density at radius 2 is 1.41 bits per heavy atom. The summed E-state index contributed by atoms with van der Waals surface area (Å²) in [6, 6.07) is 26.4. The summed E-state index contributed by atoms with van der Waals surface area (Å²) in [6.07, 6.45) is 12.3. The molecule has 0 spiro atoms. The Balaban J connectivity index is 1.36. The molecule has 3 aliphatic rings. The fraction of sp³-hybridized carbons (Fsp3) is 0.0571. The predicted octanol–water partition coefficient (Wildman–Crippen LogP) is 8.12. The van der Waals surface area contributed by atoms with Gasteiger partial charge in [-0.25, -0.2) is 15.0 Å². The molecule has 6 heteroatoms. The van der Waals surface area contributed by atoms with E-state index in [4.69, 9.17) is 25.8 Å². The summed E-state index contributed by atoms with van der Waals surface area (Å²) in [5, 5.41) is 18.3. The molecule has 2 aromatic heterocycles. The van der Waals surface area contributed by atoms with Crippen LogP contribution in [0.2, 0.25) is 0 Å². The minimum absolute atomic E-state index is 0.198. The van der Waals surface area contributed by atoms with Gasteiger partial charge in [-0.1, -0.05) is 97.1 Å². The van der Waals surface area contributed by atoms with Gasteiger partial charge < -0.3 is 0 Å². The minimum atomic E-state index is 0.198. The van der Waals surface area contributed by atoms with Gasteiger partial charge in [-0.15, -0.1) is 11.8 Å². The highest BCUT2D eigenvalue weighted by atomic mass is 32.2. The molecule has 0 bridgehead atoms. The summed E-state index contributed by atoms with van der Waals surface area (Å²) >= 11 is 1.84. The first kappa shape index (κ1) is 23.9. The van der Waals surface area contributed by atoms with E-state index in [0.29, 0.717) is 11.1 Å². The van der Waals surface area contributed by atoms with Crippen LogP contribution in [0.15, 0.2) is 114 Å². The summed E-state index contributed by atoms with van der Waals surface area (Å²) in [5.41, 5.74) is 8.52. The highest BCUT2D eigenvalue weighted by Gasteiger charge is 2.36. The van der Waals surface area contributed by atoms with E-state index in [1.807, 2.05) is 84.6 Å². The Hall–Kier alpha value is -4.94. The van der Waals surface area contributed by atoms with Crippen molar-refractivity contribution in [3.8, 4) is 33.9 Å². The van der Waals surface area contributed by atoms with Gasteiger partial charge in [-0.2, -0.15) is 0 Å². The summed E-state index contributed by atoms with van der Waals surface area (Å²) in [5.74, 6) is 0.870. The van der Waals surface area contributed by atoms with Crippen LogP contribution < -0.4 is 0 Å². The number of aromatic nitrogens is 3. The first-order chi connectivity index (χ1) is 20.2. The van der Waals surface area contributed by atoms with E-state index in [0.717, 1.165) is 60.7 Å². The van der Waals surface area contributed by atoms with E-state index < -0.39 is 0 Å². The van der Waals surface area contributed by atoms with Gasteiger partial charge in [0.05, 0.1) is 38.9 Å². The van der Waals surface area contributed by atoms with Gasteiger partial charge in [0.2, 0.25) is 0 Å². The second-order valence-electron chi connectivity index (χ2n) is 10.3. The van der Waals surface area contributed by atoms with Crippen molar-refractivity contribution < 1.29 is 0 Å². The first-order valence-electron chi connectivity index (χ1n) is 13.5. The topological polar surface area (TPSA) is 86.4 Å². The van der Waals surface area contributed by atoms with Gasteiger partial charge in [0.25, 0.3) is 0 Å². The molecule has 8 rings (SSSR count). The van der Waals surface area contributed by atoms with Crippen LogP contribution in [0.4, 0.5) is 0 Å². The number of hydrogen-bond acceptors (Lipinski definition) is 6. The lowest BCUT2D eigenvalue weighted by molar-refractivity contribution is 0.829. The van der Waals surface area contributed by atoms with Crippen molar-refractivity contribution >= 4 is 40.2 Å². The standard InChI is InChI=1S/C35H23N5S/c36-26-18-17-25-29(30(26)37)23-16-15-22(19-27(23)38-31(25)20-9-3-1-4-10-20)35-39-32(21-11-5-2-6-12-21)34-33(40-35)24-13-7-8-14-28(24)41-34/h1-19,24,28,36-37H. The molecule has 1 aliphatic heterocycles. The van der Waals surface area contributed by atoms with E-state index in [9.17, 15) is 0 Å². The molecule has 2 unspecified atom stereocenters. The second-order valence-corrected chi connectivity index (χ2v) is 11.5. The molecule has 3 heterocycles. The third kappa shape index (κ3) is 3.83. The maximum absolute atomic E-state index is 8.79. The fourth-order valence-corrected chi connectivity index (χ4v) is 7.25. The number of allylic oxidation sites excluding steroid dienone is 4. The lowest BCUT2D eigenvalue weighted by Gasteiger charge is -2.19. The quantitative estimate of drug-likeness (QED) is 0.240. The molecule has 3 aromatic carbocycles. The highest BCUT2D eigenvalue weighted by Crippen LogP contribution is 2.51. The van der Waals surface area contributed by atoms with Gasteiger partial charge in [-0.05, 0) is 18.2 Å². The zero-order chi connectivity index (χ0) is 27.5. The predicted molar refractivity (Wildman–Crippen MR) is 168 cm³/mol. The molecule has 41 heavy (non-hydrogen) atoms. The summed E-state index contributed by atoms with van der Waals surface area (Å²) in [4.78, 5) is 16.6. The van der Waals surface area contributed by atoms with Crippen LogP contribution in [-0.2, 0) is 0 Å². The van der Waals surface area contributed by atoms with Crippen LogP contribution >= 0.6 is 11.8 Å². The molecule has 0 saturated carbocycles. The average Bonchev–Trinajstić information content (AvgIpc) is 3.41. The number of benzene rings is 3. The van der Waals surface area contributed by atoms with Gasteiger partial charge in [0.15, 0.2) is 5.82 Å². The maximum Gasteiger partial charge on any atom is 0.160 e. The Bertz CT molecular complexity index is 2010. The molecule has 0 fully saturated rings. The summed E-state index contributed by atoms with van der Waals surface area (Å²) < 4.78 is 0. The summed E-state index contributed by atoms with van der Waals surface area (Å²) in [6.45, 7) is 0. The Morgan fingerprint density at radius 1 is 0.683 bits per heavy atom. The highest BCUT2D eigenvalue weighted by molar-refractivity contribution is 8.00. The van der Waals surface area contributed by atoms with Crippen LogP contribution in [-0.4, -0.2) is 31.6 Å². The van der Waals surface area contributed by atoms with E-state index in [1.165, 1.54) is 0 Å². The zero-order valence-electron chi connectivity index (χ0n) is 21.9. The number of hydrogen-bond donors (Lipinski definition) is 2. The Morgan fingerprint density at radius 3 is 2.20 bits per heavy atom. The molecule has 2 N–H and O–H groups in total. The van der Waals surface area contributed by atoms with Crippen LogP contribution in [0, 0.1) is 10.8 Å². The Kier molecular flexibility index (Phi) is 5.43. The number of thioether (sulfide) groups is 1. The molecule has 0 amide bonds. The van der Waals surface area contributed by atoms with Crippen LogP contribution in [0.3, 0.4) is 0 Å².